The van der Waals surface area contributed by atoms with Crippen LogP contribution in [0.3, 0.4) is 0 Å². The van der Waals surface area contributed by atoms with E-state index in [1.54, 1.807) is 34.4 Å². The van der Waals surface area contributed by atoms with E-state index in [-0.39, 0.29) is 6.61 Å². The number of imidazole rings is 1. The van der Waals surface area contributed by atoms with Gasteiger partial charge in [0.1, 0.15) is 5.03 Å². The SMILES string of the molecule is OCc1c(Sc2cccs2)nc2sccn12. The fourth-order valence-corrected chi connectivity index (χ4v) is 4.04. The highest BCUT2D eigenvalue weighted by atomic mass is 32.2. The standard InChI is InChI=1S/C10H8N2OS3/c13-6-7-9(16-8-2-1-4-14-8)11-10-12(7)3-5-15-10/h1-5,13H,6H2. The normalized spacial score (nSPS) is 11.3. The van der Waals surface area contributed by atoms with Gasteiger partial charge in [0.15, 0.2) is 4.96 Å². The van der Waals surface area contributed by atoms with Gasteiger partial charge in [-0.1, -0.05) is 17.8 Å². The summed E-state index contributed by atoms with van der Waals surface area (Å²) < 4.78 is 3.14. The third-order valence-electron chi connectivity index (χ3n) is 2.17. The number of hydrogen-bond acceptors (Lipinski definition) is 5. The first-order valence-corrected chi connectivity index (χ1v) is 7.22. The van der Waals surface area contributed by atoms with Gasteiger partial charge in [0, 0.05) is 11.6 Å². The van der Waals surface area contributed by atoms with Gasteiger partial charge in [-0.2, -0.15) is 0 Å². The molecule has 82 valence electrons. The summed E-state index contributed by atoms with van der Waals surface area (Å²) in [6, 6.07) is 4.08. The first-order chi connectivity index (χ1) is 7.88. The lowest BCUT2D eigenvalue weighted by Crippen LogP contribution is -1.90. The number of aliphatic hydroxyl groups is 1. The van der Waals surface area contributed by atoms with Gasteiger partial charge in [-0.3, -0.25) is 4.40 Å². The van der Waals surface area contributed by atoms with Gasteiger partial charge in [0.2, 0.25) is 0 Å². The first kappa shape index (κ1) is 10.3. The van der Waals surface area contributed by atoms with Crippen molar-refractivity contribution in [2.24, 2.45) is 0 Å². The minimum absolute atomic E-state index is 0.0195. The lowest BCUT2D eigenvalue weighted by atomic mass is 10.5. The molecule has 6 heteroatoms. The Labute approximate surface area is 104 Å². The third kappa shape index (κ3) is 1.67. The van der Waals surface area contributed by atoms with Crippen molar-refractivity contribution in [1.29, 1.82) is 0 Å². The van der Waals surface area contributed by atoms with E-state index >= 15 is 0 Å². The second-order valence-corrected chi connectivity index (χ2v) is 6.22. The van der Waals surface area contributed by atoms with Gasteiger partial charge in [-0.25, -0.2) is 4.98 Å². The highest BCUT2D eigenvalue weighted by Gasteiger charge is 2.13. The summed E-state index contributed by atoms with van der Waals surface area (Å²) in [6.45, 7) is 0.0195. The topological polar surface area (TPSA) is 37.5 Å². The predicted molar refractivity (Wildman–Crippen MR) is 67.4 cm³/mol. The Bertz CT molecular complexity index is 597. The molecule has 16 heavy (non-hydrogen) atoms. The van der Waals surface area contributed by atoms with Crippen molar-refractivity contribution in [1.82, 2.24) is 9.38 Å². The molecule has 3 aromatic rings. The number of aromatic nitrogens is 2. The van der Waals surface area contributed by atoms with Gasteiger partial charge in [0.05, 0.1) is 16.5 Å². The maximum Gasteiger partial charge on any atom is 0.195 e. The Hall–Kier alpha value is -0.820. The molecule has 0 atom stereocenters. The smallest absolute Gasteiger partial charge is 0.195 e. The van der Waals surface area contributed by atoms with Crippen LogP contribution in [0.2, 0.25) is 0 Å². The number of thiophene rings is 1. The summed E-state index contributed by atoms with van der Waals surface area (Å²) in [6.07, 6.45) is 1.94. The molecule has 0 saturated heterocycles. The Balaban J connectivity index is 2.05. The fourth-order valence-electron chi connectivity index (χ4n) is 1.46. The van der Waals surface area contributed by atoms with Crippen molar-refractivity contribution >= 4 is 39.4 Å². The average molecular weight is 268 g/mol. The zero-order chi connectivity index (χ0) is 11.0. The molecule has 0 aliphatic rings. The molecule has 0 fully saturated rings. The first-order valence-electron chi connectivity index (χ1n) is 4.65. The molecule has 3 rings (SSSR count). The van der Waals surface area contributed by atoms with Gasteiger partial charge < -0.3 is 5.11 Å². The molecule has 0 spiro atoms. The summed E-state index contributed by atoms with van der Waals surface area (Å²) in [5.41, 5.74) is 0.870. The van der Waals surface area contributed by atoms with Crippen LogP contribution in [0.5, 0.6) is 0 Å². The van der Waals surface area contributed by atoms with Crippen LogP contribution in [-0.2, 0) is 6.61 Å². The zero-order valence-electron chi connectivity index (χ0n) is 8.16. The van der Waals surface area contributed by atoms with Gasteiger partial charge >= 0.3 is 0 Å². The van der Waals surface area contributed by atoms with Gasteiger partial charge in [-0.05, 0) is 11.4 Å². The van der Waals surface area contributed by atoms with Gasteiger partial charge in [0.25, 0.3) is 0 Å². The van der Waals surface area contributed by atoms with Crippen molar-refractivity contribution in [3.63, 3.8) is 0 Å². The number of rotatable bonds is 3. The average Bonchev–Trinajstić information content (AvgIpc) is 2.93. The lowest BCUT2D eigenvalue weighted by molar-refractivity contribution is 0.272. The second kappa shape index (κ2) is 4.21. The van der Waals surface area contributed by atoms with Crippen LogP contribution in [0.4, 0.5) is 0 Å². The molecule has 1 N–H and O–H groups in total. The Morgan fingerprint density at radius 1 is 1.38 bits per heavy atom. The number of fused-ring (bicyclic) bond motifs is 1. The van der Waals surface area contributed by atoms with Crippen LogP contribution in [-0.4, -0.2) is 14.5 Å². The summed E-state index contributed by atoms with van der Waals surface area (Å²) in [7, 11) is 0. The number of thiazole rings is 1. The molecule has 3 nitrogen and oxygen atoms in total. The van der Waals surface area contributed by atoms with Crippen LogP contribution in [0, 0.1) is 0 Å². The number of aliphatic hydroxyl groups excluding tert-OH is 1. The third-order valence-corrected chi connectivity index (χ3v) is 4.98. The fraction of sp³-hybridized carbons (Fsp3) is 0.100. The minimum atomic E-state index is 0.0195. The molecule has 3 aromatic heterocycles. The molecule has 0 aliphatic carbocycles. The molecule has 0 aliphatic heterocycles. The van der Waals surface area contributed by atoms with Crippen LogP contribution in [0.25, 0.3) is 4.96 Å². The lowest BCUT2D eigenvalue weighted by Gasteiger charge is -1.97. The van der Waals surface area contributed by atoms with Crippen molar-refractivity contribution in [2.75, 3.05) is 0 Å². The summed E-state index contributed by atoms with van der Waals surface area (Å²) in [5, 5.41) is 14.3. The van der Waals surface area contributed by atoms with Crippen molar-refractivity contribution < 1.29 is 5.11 Å². The molecule has 0 amide bonds. The maximum absolute atomic E-state index is 9.39. The Morgan fingerprint density at radius 3 is 3.06 bits per heavy atom. The molecule has 0 aromatic carbocycles. The Kier molecular flexibility index (Phi) is 2.72. The second-order valence-electron chi connectivity index (χ2n) is 3.11. The molecular weight excluding hydrogens is 260 g/mol. The van der Waals surface area contributed by atoms with Gasteiger partial charge in [-0.15, -0.1) is 22.7 Å². The highest BCUT2D eigenvalue weighted by molar-refractivity contribution is 8.01. The van der Waals surface area contributed by atoms with Crippen LogP contribution in [0.1, 0.15) is 5.69 Å². The number of hydrogen-bond donors (Lipinski definition) is 1. The highest BCUT2D eigenvalue weighted by Crippen LogP contribution is 2.34. The summed E-state index contributed by atoms with van der Waals surface area (Å²) >= 11 is 4.88. The van der Waals surface area contributed by atoms with E-state index in [2.05, 4.69) is 11.1 Å². The van der Waals surface area contributed by atoms with Crippen LogP contribution in [0.15, 0.2) is 38.3 Å². The molecule has 0 unspecified atom stereocenters. The monoisotopic (exact) mass is 268 g/mol. The van der Waals surface area contributed by atoms with E-state index in [9.17, 15) is 5.11 Å². The van der Waals surface area contributed by atoms with Crippen molar-refractivity contribution in [3.8, 4) is 0 Å². The van der Waals surface area contributed by atoms with E-state index in [0.29, 0.717) is 0 Å². The van der Waals surface area contributed by atoms with Crippen LogP contribution >= 0.6 is 34.4 Å². The summed E-state index contributed by atoms with van der Waals surface area (Å²) in [4.78, 5) is 5.44. The molecule has 3 heterocycles. The van der Waals surface area contributed by atoms with E-state index in [1.165, 1.54) is 4.21 Å². The van der Waals surface area contributed by atoms with Crippen molar-refractivity contribution in [2.45, 2.75) is 15.8 Å². The molecule has 0 saturated carbocycles. The largest absolute Gasteiger partial charge is 0.390 e. The zero-order valence-corrected chi connectivity index (χ0v) is 10.6. The quantitative estimate of drug-likeness (QED) is 0.793. The van der Waals surface area contributed by atoms with E-state index < -0.39 is 0 Å². The van der Waals surface area contributed by atoms with E-state index in [1.807, 2.05) is 27.4 Å². The minimum Gasteiger partial charge on any atom is -0.390 e. The van der Waals surface area contributed by atoms with Crippen molar-refractivity contribution in [3.05, 3.63) is 34.8 Å². The summed E-state index contributed by atoms with van der Waals surface area (Å²) in [5.74, 6) is 0. The van der Waals surface area contributed by atoms with Crippen LogP contribution < -0.4 is 0 Å². The van der Waals surface area contributed by atoms with E-state index in [0.717, 1.165) is 15.7 Å². The van der Waals surface area contributed by atoms with E-state index in [4.69, 9.17) is 0 Å². The maximum atomic E-state index is 9.39. The molecular formula is C10H8N2OS3. The molecule has 0 radical (unpaired) electrons. The predicted octanol–water partition coefficient (Wildman–Crippen LogP) is 3.10. The number of nitrogens with zero attached hydrogens (tertiary/aromatic N) is 2. The molecule has 0 bridgehead atoms. The Morgan fingerprint density at radius 2 is 2.31 bits per heavy atom.